The zero-order valence-electron chi connectivity index (χ0n) is 12.3. The molecule has 0 saturated carbocycles. The Bertz CT molecular complexity index is 714. The molecule has 3 aromatic rings. The summed E-state index contributed by atoms with van der Waals surface area (Å²) in [5, 5.41) is 3.25. The van der Waals surface area contributed by atoms with Gasteiger partial charge in [0.05, 0.1) is 17.5 Å². The van der Waals surface area contributed by atoms with E-state index in [-0.39, 0.29) is 0 Å². The SMILES string of the molecule is CCNc1cc(CC)nc(Cc2nc3ccccc3[nH]2)n1. The van der Waals surface area contributed by atoms with Gasteiger partial charge < -0.3 is 10.3 Å². The van der Waals surface area contributed by atoms with Gasteiger partial charge in [0.25, 0.3) is 0 Å². The van der Waals surface area contributed by atoms with E-state index in [2.05, 4.69) is 39.1 Å². The third-order valence-corrected chi connectivity index (χ3v) is 3.31. The van der Waals surface area contributed by atoms with Crippen molar-refractivity contribution in [3.8, 4) is 0 Å². The molecule has 0 saturated heterocycles. The monoisotopic (exact) mass is 281 g/mol. The molecular weight excluding hydrogens is 262 g/mol. The van der Waals surface area contributed by atoms with E-state index in [0.717, 1.165) is 47.2 Å². The summed E-state index contributed by atoms with van der Waals surface area (Å²) in [4.78, 5) is 17.0. The summed E-state index contributed by atoms with van der Waals surface area (Å²) in [5.74, 6) is 2.58. The summed E-state index contributed by atoms with van der Waals surface area (Å²) < 4.78 is 0. The van der Waals surface area contributed by atoms with Crippen LogP contribution in [0.2, 0.25) is 0 Å². The van der Waals surface area contributed by atoms with Crippen LogP contribution in [-0.2, 0) is 12.8 Å². The maximum atomic E-state index is 4.59. The van der Waals surface area contributed by atoms with E-state index < -0.39 is 0 Å². The second-order valence-electron chi connectivity index (χ2n) is 4.92. The van der Waals surface area contributed by atoms with Gasteiger partial charge in [-0.3, -0.25) is 0 Å². The third kappa shape index (κ3) is 3.02. The number of hydrogen-bond acceptors (Lipinski definition) is 4. The summed E-state index contributed by atoms with van der Waals surface area (Å²) in [6, 6.07) is 10.0. The van der Waals surface area contributed by atoms with E-state index >= 15 is 0 Å². The normalized spacial score (nSPS) is 11.0. The van der Waals surface area contributed by atoms with E-state index in [9.17, 15) is 0 Å². The van der Waals surface area contributed by atoms with Gasteiger partial charge in [0.1, 0.15) is 17.5 Å². The zero-order valence-corrected chi connectivity index (χ0v) is 12.3. The number of fused-ring (bicyclic) bond motifs is 1. The van der Waals surface area contributed by atoms with Gasteiger partial charge in [-0.25, -0.2) is 15.0 Å². The number of benzene rings is 1. The highest BCUT2D eigenvalue weighted by Gasteiger charge is 2.08. The number of aromatic amines is 1. The van der Waals surface area contributed by atoms with Gasteiger partial charge >= 0.3 is 0 Å². The number of H-pyrrole nitrogens is 1. The molecule has 2 N–H and O–H groups in total. The second-order valence-corrected chi connectivity index (χ2v) is 4.92. The lowest BCUT2D eigenvalue weighted by atomic mass is 10.3. The fourth-order valence-electron chi connectivity index (χ4n) is 2.32. The first-order valence-electron chi connectivity index (χ1n) is 7.32. The first-order chi connectivity index (χ1) is 10.3. The minimum absolute atomic E-state index is 0.612. The molecule has 1 aromatic carbocycles. The first kappa shape index (κ1) is 13.5. The van der Waals surface area contributed by atoms with Crippen molar-refractivity contribution >= 4 is 16.9 Å². The number of aryl methyl sites for hydroxylation is 1. The molecule has 0 aliphatic carbocycles. The highest BCUT2D eigenvalue weighted by Crippen LogP contribution is 2.14. The molecule has 0 atom stereocenters. The Morgan fingerprint density at radius 2 is 1.95 bits per heavy atom. The average molecular weight is 281 g/mol. The zero-order chi connectivity index (χ0) is 14.7. The lowest BCUT2D eigenvalue weighted by Gasteiger charge is -2.07. The lowest BCUT2D eigenvalue weighted by molar-refractivity contribution is 0.876. The van der Waals surface area contributed by atoms with Gasteiger partial charge in [-0.15, -0.1) is 0 Å². The summed E-state index contributed by atoms with van der Waals surface area (Å²) in [6.45, 7) is 5.01. The number of aromatic nitrogens is 4. The van der Waals surface area contributed by atoms with Crippen LogP contribution in [0.15, 0.2) is 30.3 Å². The molecule has 0 aliphatic rings. The molecule has 5 heteroatoms. The van der Waals surface area contributed by atoms with Crippen molar-refractivity contribution in [2.75, 3.05) is 11.9 Å². The van der Waals surface area contributed by atoms with E-state index in [1.807, 2.05) is 30.3 Å². The van der Waals surface area contributed by atoms with Gasteiger partial charge in [0.15, 0.2) is 0 Å². The van der Waals surface area contributed by atoms with Crippen molar-refractivity contribution in [2.24, 2.45) is 0 Å². The Balaban J connectivity index is 1.90. The number of nitrogens with zero attached hydrogens (tertiary/aromatic N) is 3. The Kier molecular flexibility index (Phi) is 3.81. The molecule has 0 spiro atoms. The quantitative estimate of drug-likeness (QED) is 0.754. The topological polar surface area (TPSA) is 66.5 Å². The van der Waals surface area contributed by atoms with E-state index in [0.29, 0.717) is 6.42 Å². The maximum absolute atomic E-state index is 4.59. The predicted octanol–water partition coefficient (Wildman–Crippen LogP) is 2.94. The van der Waals surface area contributed by atoms with Gasteiger partial charge in [0.2, 0.25) is 0 Å². The van der Waals surface area contributed by atoms with Crippen molar-refractivity contribution in [2.45, 2.75) is 26.7 Å². The highest BCUT2D eigenvalue weighted by molar-refractivity contribution is 5.74. The van der Waals surface area contributed by atoms with E-state index in [4.69, 9.17) is 0 Å². The molecule has 5 nitrogen and oxygen atoms in total. The van der Waals surface area contributed by atoms with Crippen LogP contribution in [0.4, 0.5) is 5.82 Å². The van der Waals surface area contributed by atoms with Gasteiger partial charge in [-0.1, -0.05) is 19.1 Å². The number of para-hydroxylation sites is 2. The van der Waals surface area contributed by atoms with Crippen molar-refractivity contribution < 1.29 is 0 Å². The number of nitrogens with one attached hydrogen (secondary N) is 2. The maximum Gasteiger partial charge on any atom is 0.138 e. The van der Waals surface area contributed by atoms with Crippen LogP contribution in [0.5, 0.6) is 0 Å². The fraction of sp³-hybridized carbons (Fsp3) is 0.312. The lowest BCUT2D eigenvalue weighted by Crippen LogP contribution is -2.07. The molecule has 2 aromatic heterocycles. The Hall–Kier alpha value is -2.43. The minimum Gasteiger partial charge on any atom is -0.370 e. The van der Waals surface area contributed by atoms with Crippen LogP contribution in [0.25, 0.3) is 11.0 Å². The average Bonchev–Trinajstić information content (AvgIpc) is 2.89. The standard InChI is InChI=1S/C16H19N5/c1-3-11-9-14(17-4-2)21-15(18-11)10-16-19-12-7-5-6-8-13(12)20-16/h5-9H,3-4,10H2,1-2H3,(H,19,20)(H,17,18,21). The first-order valence-corrected chi connectivity index (χ1v) is 7.32. The molecule has 21 heavy (non-hydrogen) atoms. The van der Waals surface area contributed by atoms with Gasteiger partial charge in [-0.05, 0) is 25.5 Å². The Morgan fingerprint density at radius 1 is 1.10 bits per heavy atom. The minimum atomic E-state index is 0.612. The molecule has 108 valence electrons. The van der Waals surface area contributed by atoms with Crippen molar-refractivity contribution in [1.82, 2.24) is 19.9 Å². The van der Waals surface area contributed by atoms with Crippen LogP contribution in [0, 0.1) is 0 Å². The van der Waals surface area contributed by atoms with Crippen LogP contribution < -0.4 is 5.32 Å². The van der Waals surface area contributed by atoms with Crippen LogP contribution in [0.1, 0.15) is 31.2 Å². The van der Waals surface area contributed by atoms with E-state index in [1.54, 1.807) is 0 Å². The number of hydrogen-bond donors (Lipinski definition) is 2. The molecule has 0 bridgehead atoms. The Morgan fingerprint density at radius 3 is 2.71 bits per heavy atom. The van der Waals surface area contributed by atoms with Crippen molar-refractivity contribution in [3.05, 3.63) is 47.7 Å². The molecular formula is C16H19N5. The molecule has 2 heterocycles. The molecule has 0 unspecified atom stereocenters. The predicted molar refractivity (Wildman–Crippen MR) is 84.5 cm³/mol. The molecule has 0 aliphatic heterocycles. The van der Waals surface area contributed by atoms with E-state index in [1.165, 1.54) is 0 Å². The summed E-state index contributed by atoms with van der Waals surface area (Å²) in [7, 11) is 0. The molecule has 0 fully saturated rings. The van der Waals surface area contributed by atoms with Crippen LogP contribution in [0.3, 0.4) is 0 Å². The summed E-state index contributed by atoms with van der Waals surface area (Å²) in [5.41, 5.74) is 3.07. The summed E-state index contributed by atoms with van der Waals surface area (Å²) >= 11 is 0. The van der Waals surface area contributed by atoms with Gasteiger partial charge in [0, 0.05) is 18.3 Å². The highest BCUT2D eigenvalue weighted by atomic mass is 15.0. The number of anilines is 1. The van der Waals surface area contributed by atoms with Gasteiger partial charge in [-0.2, -0.15) is 0 Å². The summed E-state index contributed by atoms with van der Waals surface area (Å²) in [6.07, 6.45) is 1.51. The fourth-order valence-corrected chi connectivity index (χ4v) is 2.32. The third-order valence-electron chi connectivity index (χ3n) is 3.31. The molecule has 0 amide bonds. The van der Waals surface area contributed by atoms with Crippen LogP contribution in [-0.4, -0.2) is 26.5 Å². The Labute approximate surface area is 123 Å². The molecule has 3 rings (SSSR count). The largest absolute Gasteiger partial charge is 0.370 e. The number of imidazole rings is 1. The smallest absolute Gasteiger partial charge is 0.138 e. The van der Waals surface area contributed by atoms with Crippen LogP contribution >= 0.6 is 0 Å². The van der Waals surface area contributed by atoms with Crippen molar-refractivity contribution in [3.63, 3.8) is 0 Å². The van der Waals surface area contributed by atoms with Crippen molar-refractivity contribution in [1.29, 1.82) is 0 Å². The number of rotatable bonds is 5. The molecule has 0 radical (unpaired) electrons. The second kappa shape index (κ2) is 5.91.